The molecule has 0 aliphatic rings. The molecule has 0 rings (SSSR count). The predicted molar refractivity (Wildman–Crippen MR) is 68.2 cm³/mol. The topological polar surface area (TPSA) is 114 Å². The fraction of sp³-hybridized carbons (Fsp3) is 0.700. The molecule has 0 aromatic carbocycles. The second-order valence-electron chi connectivity index (χ2n) is 4.71. The van der Waals surface area contributed by atoms with Crippen LogP contribution in [0.15, 0.2) is 11.6 Å². The van der Waals surface area contributed by atoms with Crippen LogP contribution >= 0.6 is 0 Å². The van der Waals surface area contributed by atoms with Gasteiger partial charge in [0.2, 0.25) is 0 Å². The number of aliphatic hydroxyl groups is 1. The van der Waals surface area contributed by atoms with Crippen molar-refractivity contribution >= 4 is 16.3 Å². The first-order valence-corrected chi connectivity index (χ1v) is 6.95. The molecule has 0 fully saturated rings. The van der Waals surface area contributed by atoms with E-state index >= 15 is 0 Å². The number of hydrogen-bond acceptors (Lipinski definition) is 6. The maximum atomic E-state index is 11.3. The first kappa shape index (κ1) is 17.8. The lowest BCUT2D eigenvalue weighted by Gasteiger charge is -2.19. The number of nitrogens with one attached hydrogen (secondary N) is 2. The Morgan fingerprint density at radius 3 is 2.42 bits per heavy atom. The molecule has 0 atom stereocenters. The first-order chi connectivity index (χ1) is 8.56. The maximum absolute atomic E-state index is 11.3. The molecule has 0 saturated heterocycles. The third-order valence-corrected chi connectivity index (χ3v) is 2.32. The van der Waals surface area contributed by atoms with Crippen molar-refractivity contribution in [1.29, 1.82) is 0 Å². The highest BCUT2D eigenvalue weighted by molar-refractivity contribution is 7.87. The maximum Gasteiger partial charge on any atom is 0.422 e. The van der Waals surface area contributed by atoms with E-state index in [-0.39, 0.29) is 13.2 Å². The van der Waals surface area contributed by atoms with E-state index in [9.17, 15) is 13.2 Å². The van der Waals surface area contributed by atoms with E-state index in [0.717, 1.165) is 0 Å². The Kier molecular flexibility index (Phi) is 6.98. The average molecular weight is 296 g/mol. The molecular formula is C10H20N2O6S. The number of rotatable bonds is 6. The molecule has 0 bridgehead atoms. The number of ether oxygens (including phenoxy) is 1. The van der Waals surface area contributed by atoms with E-state index in [0.29, 0.717) is 5.57 Å². The summed E-state index contributed by atoms with van der Waals surface area (Å²) < 4.78 is 29.0. The molecule has 1 amide bonds. The van der Waals surface area contributed by atoms with E-state index in [1.54, 1.807) is 37.3 Å². The number of hydrogen-bond donors (Lipinski definition) is 3. The minimum absolute atomic E-state index is 0.0817. The summed E-state index contributed by atoms with van der Waals surface area (Å²) in [5, 5.41) is 8.69. The second-order valence-corrected chi connectivity index (χ2v) is 6.09. The van der Waals surface area contributed by atoms with E-state index in [1.807, 2.05) is 0 Å². The van der Waals surface area contributed by atoms with Crippen LogP contribution in [-0.2, 0) is 19.8 Å². The molecule has 0 radical (unpaired) electrons. The Bertz CT molecular complexity index is 424. The first-order valence-electron chi connectivity index (χ1n) is 5.46. The molecule has 19 heavy (non-hydrogen) atoms. The third kappa shape index (κ3) is 10.4. The van der Waals surface area contributed by atoms with Gasteiger partial charge in [-0.05, 0) is 33.3 Å². The van der Waals surface area contributed by atoms with E-state index < -0.39 is 21.9 Å². The Hall–Kier alpha value is -1.16. The SMILES string of the molecule is C/C(=C\CONS(=O)(=O)NC(=O)OC(C)(C)C)CO. The highest BCUT2D eigenvalue weighted by Crippen LogP contribution is 2.06. The number of carbonyl (C=O) groups excluding carboxylic acids is 1. The molecule has 9 heteroatoms. The molecule has 0 aliphatic heterocycles. The third-order valence-electron chi connectivity index (χ3n) is 1.55. The molecule has 0 aliphatic carbocycles. The predicted octanol–water partition coefficient (Wildman–Crippen LogP) is 0.216. The van der Waals surface area contributed by atoms with Gasteiger partial charge in [-0.2, -0.15) is 8.42 Å². The zero-order chi connectivity index (χ0) is 15.1. The van der Waals surface area contributed by atoms with Crippen molar-refractivity contribution in [3.05, 3.63) is 11.6 Å². The minimum atomic E-state index is -4.15. The number of carbonyl (C=O) groups is 1. The van der Waals surface area contributed by atoms with Gasteiger partial charge < -0.3 is 9.84 Å². The van der Waals surface area contributed by atoms with Gasteiger partial charge in [-0.25, -0.2) is 9.52 Å². The normalized spacial score (nSPS) is 13.2. The van der Waals surface area contributed by atoms with Crippen molar-refractivity contribution in [2.24, 2.45) is 0 Å². The van der Waals surface area contributed by atoms with Crippen LogP contribution in [0.3, 0.4) is 0 Å². The van der Waals surface area contributed by atoms with Crippen LogP contribution in [0, 0.1) is 0 Å². The monoisotopic (exact) mass is 296 g/mol. The van der Waals surface area contributed by atoms with Crippen molar-refractivity contribution in [3.63, 3.8) is 0 Å². The minimum Gasteiger partial charge on any atom is -0.443 e. The lowest BCUT2D eigenvalue weighted by Crippen LogP contribution is -2.42. The molecule has 0 saturated carbocycles. The molecule has 0 aromatic rings. The summed E-state index contributed by atoms with van der Waals surface area (Å²) in [4.78, 5) is 17.5. The molecule has 8 nitrogen and oxygen atoms in total. The van der Waals surface area contributed by atoms with Gasteiger partial charge in [-0.15, -0.1) is 0 Å². The quantitative estimate of drug-likeness (QED) is 0.367. The van der Waals surface area contributed by atoms with Gasteiger partial charge in [-0.1, -0.05) is 11.0 Å². The van der Waals surface area contributed by atoms with Gasteiger partial charge in [-0.3, -0.25) is 4.84 Å². The van der Waals surface area contributed by atoms with Gasteiger partial charge >= 0.3 is 16.3 Å². The van der Waals surface area contributed by atoms with Gasteiger partial charge in [0.05, 0.1) is 13.2 Å². The van der Waals surface area contributed by atoms with Crippen LogP contribution in [0.1, 0.15) is 27.7 Å². The average Bonchev–Trinajstić information content (AvgIpc) is 2.20. The summed E-state index contributed by atoms with van der Waals surface area (Å²) in [6.45, 7) is 6.23. The highest BCUT2D eigenvalue weighted by Gasteiger charge is 2.21. The van der Waals surface area contributed by atoms with Gasteiger partial charge in [0.1, 0.15) is 5.60 Å². The standard InChI is InChI=1S/C10H20N2O6S/c1-8(7-13)5-6-17-12-19(15,16)11-9(14)18-10(2,3)4/h5,12-13H,6-7H2,1-4H3,(H,11,14)/b8-5+. The van der Waals surface area contributed by atoms with E-state index in [2.05, 4.69) is 4.84 Å². The van der Waals surface area contributed by atoms with Crippen LogP contribution in [-0.4, -0.2) is 38.4 Å². The summed E-state index contributed by atoms with van der Waals surface area (Å²) in [6.07, 6.45) is 0.376. The van der Waals surface area contributed by atoms with Crippen LogP contribution < -0.4 is 9.61 Å². The van der Waals surface area contributed by atoms with E-state index in [1.165, 1.54) is 6.08 Å². The smallest absolute Gasteiger partial charge is 0.422 e. The van der Waals surface area contributed by atoms with E-state index in [4.69, 9.17) is 9.84 Å². The molecule has 112 valence electrons. The molecule has 0 unspecified atom stereocenters. The van der Waals surface area contributed by atoms with Gasteiger partial charge in [0, 0.05) is 0 Å². The fourth-order valence-corrected chi connectivity index (χ4v) is 1.32. The zero-order valence-corrected chi connectivity index (χ0v) is 12.2. The summed E-state index contributed by atoms with van der Waals surface area (Å²) in [5.74, 6) is 0. The van der Waals surface area contributed by atoms with Crippen LogP contribution in [0.25, 0.3) is 0 Å². The molecule has 0 aromatic heterocycles. The van der Waals surface area contributed by atoms with Crippen molar-refractivity contribution in [3.8, 4) is 0 Å². The zero-order valence-electron chi connectivity index (χ0n) is 11.4. The Morgan fingerprint density at radius 1 is 1.37 bits per heavy atom. The Labute approximate surface area is 112 Å². The molecule has 0 spiro atoms. The summed E-state index contributed by atoms with van der Waals surface area (Å²) in [6, 6.07) is 0. The fourth-order valence-electron chi connectivity index (χ4n) is 0.790. The summed E-state index contributed by atoms with van der Waals surface area (Å²) in [5.41, 5.74) is -0.180. The van der Waals surface area contributed by atoms with Gasteiger partial charge in [0.15, 0.2) is 0 Å². The Balaban J connectivity index is 4.16. The number of amides is 1. The van der Waals surface area contributed by atoms with Crippen LogP contribution in [0.5, 0.6) is 0 Å². The van der Waals surface area contributed by atoms with Crippen molar-refractivity contribution in [2.75, 3.05) is 13.2 Å². The second kappa shape index (κ2) is 7.43. The summed E-state index contributed by atoms with van der Waals surface area (Å²) >= 11 is 0. The largest absolute Gasteiger partial charge is 0.443 e. The molecule has 3 N–H and O–H groups in total. The van der Waals surface area contributed by atoms with Crippen molar-refractivity contribution in [1.82, 2.24) is 9.61 Å². The summed E-state index contributed by atoms with van der Waals surface area (Å²) in [7, 11) is -4.15. The van der Waals surface area contributed by atoms with Crippen molar-refractivity contribution in [2.45, 2.75) is 33.3 Å². The van der Waals surface area contributed by atoms with Crippen LogP contribution in [0.4, 0.5) is 4.79 Å². The highest BCUT2D eigenvalue weighted by atomic mass is 32.2. The van der Waals surface area contributed by atoms with Crippen LogP contribution in [0.2, 0.25) is 0 Å². The number of aliphatic hydroxyl groups excluding tert-OH is 1. The Morgan fingerprint density at radius 2 is 1.95 bits per heavy atom. The van der Waals surface area contributed by atoms with Gasteiger partial charge in [0.25, 0.3) is 0 Å². The lowest BCUT2D eigenvalue weighted by molar-refractivity contribution is 0.0560. The lowest BCUT2D eigenvalue weighted by atomic mass is 10.2. The van der Waals surface area contributed by atoms with Crippen molar-refractivity contribution < 1.29 is 27.9 Å². The molecule has 0 heterocycles. The molecular weight excluding hydrogens is 276 g/mol.